The van der Waals surface area contributed by atoms with E-state index in [1.807, 2.05) is 44.2 Å². The molecule has 1 aliphatic rings. The van der Waals surface area contributed by atoms with Gasteiger partial charge in [-0.2, -0.15) is 0 Å². The van der Waals surface area contributed by atoms with Crippen LogP contribution in [-0.4, -0.2) is 36.7 Å². The first-order valence-corrected chi connectivity index (χ1v) is 7.47. The summed E-state index contributed by atoms with van der Waals surface area (Å²) in [5.41, 5.74) is 0.132. The van der Waals surface area contributed by atoms with E-state index in [-0.39, 0.29) is 5.57 Å². The first-order chi connectivity index (χ1) is 10.4. The largest absolute Gasteiger partial charge is 0.465 e. The number of carbonyl (C=O) groups is 2. The highest BCUT2D eigenvalue weighted by Gasteiger charge is 2.39. The fraction of sp³-hybridized carbons (Fsp3) is 0.312. The quantitative estimate of drug-likeness (QED) is 0.371. The van der Waals surface area contributed by atoms with E-state index in [1.165, 1.54) is 26.0 Å². The van der Waals surface area contributed by atoms with E-state index in [0.717, 1.165) is 10.6 Å². The van der Waals surface area contributed by atoms with Crippen molar-refractivity contribution in [1.82, 2.24) is 0 Å². The van der Waals surface area contributed by atoms with Gasteiger partial charge in [-0.3, -0.25) is 4.99 Å². The van der Waals surface area contributed by atoms with Crippen LogP contribution in [0.3, 0.4) is 0 Å². The van der Waals surface area contributed by atoms with Crippen LogP contribution in [-0.2, 0) is 19.1 Å². The van der Waals surface area contributed by atoms with Gasteiger partial charge in [0.1, 0.15) is 5.04 Å². The lowest BCUT2D eigenvalue weighted by Crippen LogP contribution is -2.24. The minimum atomic E-state index is -0.716. The van der Waals surface area contributed by atoms with E-state index in [4.69, 9.17) is 9.47 Å². The summed E-state index contributed by atoms with van der Waals surface area (Å²) in [5.74, 6) is -1.43. The van der Waals surface area contributed by atoms with Crippen molar-refractivity contribution in [2.24, 2.45) is 4.99 Å². The average molecular weight is 319 g/mol. The third kappa shape index (κ3) is 3.06. The van der Waals surface area contributed by atoms with Gasteiger partial charge < -0.3 is 9.47 Å². The number of methoxy groups -OCH3 is 2. The molecule has 0 aliphatic carbocycles. The van der Waals surface area contributed by atoms with Crippen molar-refractivity contribution in [2.75, 3.05) is 14.2 Å². The van der Waals surface area contributed by atoms with E-state index in [2.05, 4.69) is 4.99 Å². The molecule has 0 aromatic heterocycles. The minimum Gasteiger partial charge on any atom is -0.465 e. The molecule has 0 fully saturated rings. The van der Waals surface area contributed by atoms with Crippen molar-refractivity contribution in [1.29, 1.82) is 0 Å². The molecular weight excluding hydrogens is 302 g/mol. The van der Waals surface area contributed by atoms with E-state index in [1.54, 1.807) is 0 Å². The van der Waals surface area contributed by atoms with Crippen molar-refractivity contribution >= 4 is 28.7 Å². The highest BCUT2D eigenvalue weighted by Crippen LogP contribution is 2.43. The first-order valence-electron chi connectivity index (χ1n) is 6.65. The molecule has 1 aromatic carbocycles. The highest BCUT2D eigenvalue weighted by molar-refractivity contribution is 8.18. The van der Waals surface area contributed by atoms with Gasteiger partial charge >= 0.3 is 11.9 Å². The molecular formula is C16H17NO4S. The Bertz CT molecular complexity index is 644. The van der Waals surface area contributed by atoms with Crippen molar-refractivity contribution in [3.05, 3.63) is 46.4 Å². The minimum absolute atomic E-state index is 0.102. The third-order valence-corrected chi connectivity index (χ3v) is 4.59. The number of carbonyl (C=O) groups excluding carboxylic acids is 2. The molecule has 0 N–H and O–H groups in total. The molecule has 1 aliphatic heterocycles. The third-order valence-electron chi connectivity index (χ3n) is 3.16. The Hall–Kier alpha value is -2.08. The summed E-state index contributed by atoms with van der Waals surface area (Å²) >= 11 is 1.29. The van der Waals surface area contributed by atoms with Gasteiger partial charge in [0.25, 0.3) is 0 Å². The van der Waals surface area contributed by atoms with Gasteiger partial charge in [-0.05, 0) is 13.8 Å². The topological polar surface area (TPSA) is 65.0 Å². The predicted molar refractivity (Wildman–Crippen MR) is 85.7 cm³/mol. The Morgan fingerprint density at radius 3 is 2.09 bits per heavy atom. The first kappa shape index (κ1) is 16.3. The van der Waals surface area contributed by atoms with Crippen LogP contribution in [0, 0.1) is 0 Å². The molecule has 6 heteroatoms. The number of hydrogen-bond acceptors (Lipinski definition) is 6. The molecule has 5 nitrogen and oxygen atoms in total. The number of hydrogen-bond donors (Lipinski definition) is 0. The predicted octanol–water partition coefficient (Wildman–Crippen LogP) is 2.56. The van der Waals surface area contributed by atoms with E-state index >= 15 is 0 Å². The number of ether oxygens (including phenoxy) is 2. The Kier molecular flexibility index (Phi) is 4.71. The summed E-state index contributed by atoms with van der Waals surface area (Å²) in [4.78, 5) is 29.1. The SMILES string of the molecule is COC(=O)C(C(=O)OC)=C1SC(c2ccccc2)=NC1(C)C. The number of esters is 2. The average Bonchev–Trinajstić information content (AvgIpc) is 2.83. The molecule has 22 heavy (non-hydrogen) atoms. The summed E-state index contributed by atoms with van der Waals surface area (Å²) in [6, 6.07) is 9.60. The van der Waals surface area contributed by atoms with Gasteiger partial charge in [0, 0.05) is 10.5 Å². The van der Waals surface area contributed by atoms with Crippen molar-refractivity contribution < 1.29 is 19.1 Å². The maximum absolute atomic E-state index is 12.0. The number of benzene rings is 1. The maximum atomic E-state index is 12.0. The molecule has 0 atom stereocenters. The zero-order valence-electron chi connectivity index (χ0n) is 12.9. The number of aliphatic imine (C=N–C) groups is 1. The molecule has 116 valence electrons. The normalized spacial score (nSPS) is 16.0. The zero-order chi connectivity index (χ0) is 16.3. The summed E-state index contributed by atoms with van der Waals surface area (Å²) in [7, 11) is 2.47. The fourth-order valence-corrected chi connectivity index (χ4v) is 3.37. The van der Waals surface area contributed by atoms with Gasteiger partial charge in [-0.15, -0.1) is 0 Å². The molecule has 1 heterocycles. The smallest absolute Gasteiger partial charge is 0.346 e. The van der Waals surface area contributed by atoms with Crippen LogP contribution in [0.4, 0.5) is 0 Å². The molecule has 0 bridgehead atoms. The van der Waals surface area contributed by atoms with E-state index in [9.17, 15) is 9.59 Å². The molecule has 0 spiro atoms. The van der Waals surface area contributed by atoms with Crippen LogP contribution in [0.2, 0.25) is 0 Å². The molecule has 2 rings (SSSR count). The van der Waals surface area contributed by atoms with Gasteiger partial charge in [-0.25, -0.2) is 9.59 Å². The molecule has 0 unspecified atom stereocenters. The summed E-state index contributed by atoms with van der Waals surface area (Å²) < 4.78 is 9.44. The van der Waals surface area contributed by atoms with Gasteiger partial charge in [-0.1, -0.05) is 42.1 Å². The Morgan fingerprint density at radius 2 is 1.59 bits per heavy atom. The molecule has 0 radical (unpaired) electrons. The monoisotopic (exact) mass is 319 g/mol. The second kappa shape index (κ2) is 6.36. The number of nitrogens with zero attached hydrogens (tertiary/aromatic N) is 1. The fourth-order valence-electron chi connectivity index (χ4n) is 2.08. The van der Waals surface area contributed by atoms with Gasteiger partial charge in [0.2, 0.25) is 0 Å². The highest BCUT2D eigenvalue weighted by atomic mass is 32.2. The standard InChI is InChI=1S/C16H17NO4S/c1-16(2)12(11(14(18)20-3)15(19)21-4)22-13(17-16)10-8-6-5-7-9-10/h5-9H,1-4H3. The van der Waals surface area contributed by atoms with Crippen LogP contribution in [0.5, 0.6) is 0 Å². The molecule has 0 saturated heterocycles. The molecule has 0 amide bonds. The van der Waals surface area contributed by atoms with Gasteiger partial charge in [0.15, 0.2) is 5.57 Å². The summed E-state index contributed by atoms with van der Waals surface area (Å²) in [5, 5.41) is 0.755. The lowest BCUT2D eigenvalue weighted by molar-refractivity contribution is -0.144. The maximum Gasteiger partial charge on any atom is 0.346 e. The van der Waals surface area contributed by atoms with Crippen LogP contribution >= 0.6 is 11.8 Å². The molecule has 1 aromatic rings. The van der Waals surface area contributed by atoms with Crippen LogP contribution in [0.1, 0.15) is 19.4 Å². The lowest BCUT2D eigenvalue weighted by Gasteiger charge is -2.18. The Labute approximate surface area is 133 Å². The lowest BCUT2D eigenvalue weighted by atomic mass is 10.0. The Morgan fingerprint density at radius 1 is 1.05 bits per heavy atom. The Balaban J connectivity index is 2.51. The van der Waals surface area contributed by atoms with E-state index < -0.39 is 17.5 Å². The van der Waals surface area contributed by atoms with Crippen LogP contribution in [0.15, 0.2) is 45.8 Å². The van der Waals surface area contributed by atoms with Gasteiger partial charge in [0.05, 0.1) is 19.8 Å². The summed E-state index contributed by atoms with van der Waals surface area (Å²) in [6.07, 6.45) is 0. The van der Waals surface area contributed by atoms with Crippen LogP contribution in [0.25, 0.3) is 0 Å². The number of rotatable bonds is 3. The zero-order valence-corrected chi connectivity index (χ0v) is 13.7. The second-order valence-electron chi connectivity index (χ2n) is 5.13. The molecule has 0 saturated carbocycles. The van der Waals surface area contributed by atoms with E-state index in [0.29, 0.717) is 4.91 Å². The van der Waals surface area contributed by atoms with Crippen molar-refractivity contribution in [3.63, 3.8) is 0 Å². The van der Waals surface area contributed by atoms with Crippen molar-refractivity contribution in [2.45, 2.75) is 19.4 Å². The second-order valence-corrected chi connectivity index (χ2v) is 6.13. The number of thioether (sulfide) groups is 1. The van der Waals surface area contributed by atoms with Crippen LogP contribution < -0.4 is 0 Å². The van der Waals surface area contributed by atoms with Crippen molar-refractivity contribution in [3.8, 4) is 0 Å². The summed E-state index contributed by atoms with van der Waals surface area (Å²) in [6.45, 7) is 3.69.